The first-order chi connectivity index (χ1) is 11.2. The Morgan fingerprint density at radius 2 is 2.00 bits per heavy atom. The van der Waals surface area contributed by atoms with E-state index in [1.165, 1.54) is 7.05 Å². The van der Waals surface area contributed by atoms with Crippen LogP contribution in [0.15, 0.2) is 41.1 Å². The highest BCUT2D eigenvalue weighted by molar-refractivity contribution is 7.89. The lowest BCUT2D eigenvalue weighted by molar-refractivity contribution is -0.384. The third-order valence-electron chi connectivity index (χ3n) is 3.79. The van der Waals surface area contributed by atoms with Gasteiger partial charge in [-0.15, -0.1) is 0 Å². The maximum Gasteiger partial charge on any atom is 0.389 e. The predicted octanol–water partition coefficient (Wildman–Crippen LogP) is 2.88. The zero-order chi connectivity index (χ0) is 18.5. The molecule has 24 heavy (non-hydrogen) atoms. The number of aliphatic hydroxyl groups is 1. The smallest absolute Gasteiger partial charge is 0.389 e. The van der Waals surface area contributed by atoms with E-state index in [0.717, 1.165) is 34.8 Å². The number of diazo groups is 1. The molecule has 0 bridgehead atoms. The Balaban J connectivity index is 3.30. The average molecular weight is 355 g/mol. The van der Waals surface area contributed by atoms with Crippen molar-refractivity contribution in [2.75, 3.05) is 7.05 Å². The second-order valence-electron chi connectivity index (χ2n) is 5.27. The molecule has 1 aromatic rings. The molecular formula is C14H19N4O5S+. The van der Waals surface area contributed by atoms with Gasteiger partial charge in [0.1, 0.15) is 0 Å². The normalized spacial score (nSPS) is 14.9. The molecule has 0 fully saturated rings. The number of non-ortho nitro benzene ring substituents is 1. The third kappa shape index (κ3) is 4.06. The van der Waals surface area contributed by atoms with Gasteiger partial charge in [-0.2, -0.15) is 4.31 Å². The van der Waals surface area contributed by atoms with Gasteiger partial charge in [0.25, 0.3) is 5.69 Å². The van der Waals surface area contributed by atoms with E-state index in [0.29, 0.717) is 6.42 Å². The van der Waals surface area contributed by atoms with E-state index in [2.05, 4.69) is 4.98 Å². The Labute approximate surface area is 140 Å². The minimum atomic E-state index is -4.01. The summed E-state index contributed by atoms with van der Waals surface area (Å²) >= 11 is 0. The number of hydrogen-bond donors (Lipinski definition) is 1. The molecule has 2 atom stereocenters. The van der Waals surface area contributed by atoms with Crippen molar-refractivity contribution in [3.63, 3.8) is 0 Å². The zero-order valence-electron chi connectivity index (χ0n) is 13.5. The fourth-order valence-electron chi connectivity index (χ4n) is 2.25. The van der Waals surface area contributed by atoms with Crippen LogP contribution in [-0.4, -0.2) is 35.8 Å². The molecule has 10 heteroatoms. The summed E-state index contributed by atoms with van der Waals surface area (Å²) in [6.45, 7) is 3.57. The lowest BCUT2D eigenvalue weighted by Crippen LogP contribution is -2.42. The number of benzene rings is 1. The molecule has 9 nitrogen and oxygen atoms in total. The standard InChI is InChI=1S/C14H18N4O5S/c1-4-10(2)14(13(19)9-16-15)17(3)24(22,23)12-7-5-11(6-8-12)18(20)21/h5-10,14H,4H2,1-3H3/p+1/b13-9-/t10-,14+/m0/s1. The molecule has 0 heterocycles. The number of aliphatic hydroxyl groups excluding tert-OH is 1. The maximum atomic E-state index is 12.7. The number of nitro benzene ring substituents is 1. The van der Waals surface area contributed by atoms with Crippen molar-refractivity contribution in [2.45, 2.75) is 31.2 Å². The molecular weight excluding hydrogens is 336 g/mol. The summed E-state index contributed by atoms with van der Waals surface area (Å²) in [5.41, 5.74) is -0.225. The molecule has 1 rings (SSSR count). The Morgan fingerprint density at radius 1 is 1.46 bits per heavy atom. The molecule has 0 spiro atoms. The number of likely N-dealkylation sites (N-methyl/N-ethyl adjacent to an activating group) is 1. The zero-order valence-corrected chi connectivity index (χ0v) is 14.3. The van der Waals surface area contributed by atoms with Gasteiger partial charge < -0.3 is 5.11 Å². The second-order valence-corrected chi connectivity index (χ2v) is 7.27. The van der Waals surface area contributed by atoms with E-state index in [4.69, 9.17) is 5.39 Å². The van der Waals surface area contributed by atoms with Crippen molar-refractivity contribution in [1.82, 2.24) is 4.31 Å². The molecule has 0 aliphatic heterocycles. The fourth-order valence-corrected chi connectivity index (χ4v) is 3.68. The van der Waals surface area contributed by atoms with Crippen molar-refractivity contribution < 1.29 is 18.4 Å². The topological polar surface area (TPSA) is 129 Å². The third-order valence-corrected chi connectivity index (χ3v) is 5.65. The quantitative estimate of drug-likeness (QED) is 0.346. The molecule has 0 amide bonds. The van der Waals surface area contributed by atoms with E-state index in [-0.39, 0.29) is 16.5 Å². The number of rotatable bonds is 7. The van der Waals surface area contributed by atoms with Gasteiger partial charge in [0.15, 0.2) is 10.7 Å². The van der Waals surface area contributed by atoms with Crippen LogP contribution in [0.5, 0.6) is 0 Å². The molecule has 0 unspecified atom stereocenters. The predicted molar refractivity (Wildman–Crippen MR) is 87.1 cm³/mol. The Bertz CT molecular complexity index is 767. The van der Waals surface area contributed by atoms with Gasteiger partial charge in [0, 0.05) is 19.2 Å². The van der Waals surface area contributed by atoms with E-state index in [1.807, 2.05) is 6.92 Å². The molecule has 0 aromatic heterocycles. The minimum Gasteiger partial charge on any atom is -0.504 e. The molecule has 0 saturated heterocycles. The van der Waals surface area contributed by atoms with Gasteiger partial charge in [0.05, 0.1) is 15.9 Å². The monoisotopic (exact) mass is 355 g/mol. The van der Waals surface area contributed by atoms with Gasteiger partial charge in [-0.25, -0.2) is 8.42 Å². The van der Waals surface area contributed by atoms with Crippen LogP contribution in [0.4, 0.5) is 5.69 Å². The summed E-state index contributed by atoms with van der Waals surface area (Å²) < 4.78 is 26.4. The highest BCUT2D eigenvalue weighted by Crippen LogP contribution is 2.26. The van der Waals surface area contributed by atoms with Crippen LogP contribution in [-0.2, 0) is 10.0 Å². The highest BCUT2D eigenvalue weighted by atomic mass is 32.2. The first-order valence-electron chi connectivity index (χ1n) is 7.12. The molecule has 0 aliphatic carbocycles. The highest BCUT2D eigenvalue weighted by Gasteiger charge is 2.35. The molecule has 1 aromatic carbocycles. The van der Waals surface area contributed by atoms with Gasteiger partial charge in [-0.05, 0) is 18.1 Å². The number of hydrogen-bond acceptors (Lipinski definition) is 6. The number of nitro groups is 1. The molecule has 0 saturated carbocycles. The van der Waals surface area contributed by atoms with Crippen molar-refractivity contribution >= 4 is 15.7 Å². The summed E-state index contributed by atoms with van der Waals surface area (Å²) in [5, 5.41) is 29.3. The SMILES string of the molecule is CC[C@H](C)[C@H](/C(O)=C/[N+]#N)N(C)S(=O)(=O)c1ccc([N+](=O)[O-])cc1. The van der Waals surface area contributed by atoms with Crippen LogP contribution >= 0.6 is 0 Å². The summed E-state index contributed by atoms with van der Waals surface area (Å²) in [7, 11) is -2.73. The summed E-state index contributed by atoms with van der Waals surface area (Å²) in [6.07, 6.45) is 1.34. The first-order valence-corrected chi connectivity index (χ1v) is 8.56. The van der Waals surface area contributed by atoms with Crippen molar-refractivity contribution in [2.24, 2.45) is 5.92 Å². The second kappa shape index (κ2) is 7.85. The number of nitrogens with zero attached hydrogens (tertiary/aromatic N) is 4. The molecule has 0 aliphatic rings. The van der Waals surface area contributed by atoms with E-state index in [9.17, 15) is 23.6 Å². The van der Waals surface area contributed by atoms with Crippen LogP contribution < -0.4 is 0 Å². The van der Waals surface area contributed by atoms with Gasteiger partial charge in [0.2, 0.25) is 15.4 Å². The summed E-state index contributed by atoms with van der Waals surface area (Å²) in [4.78, 5) is 12.6. The van der Waals surface area contributed by atoms with Crippen LogP contribution in [0.25, 0.3) is 4.98 Å². The van der Waals surface area contributed by atoms with Gasteiger partial charge >= 0.3 is 6.20 Å². The fraction of sp³-hybridized carbons (Fsp3) is 0.429. The van der Waals surface area contributed by atoms with Crippen LogP contribution in [0, 0.1) is 21.4 Å². The van der Waals surface area contributed by atoms with Crippen LogP contribution in [0.1, 0.15) is 20.3 Å². The van der Waals surface area contributed by atoms with Crippen LogP contribution in [0.2, 0.25) is 0 Å². The Hall–Kier alpha value is -2.51. The lowest BCUT2D eigenvalue weighted by atomic mass is 9.98. The summed E-state index contributed by atoms with van der Waals surface area (Å²) in [5.74, 6) is -0.666. The van der Waals surface area contributed by atoms with Crippen LogP contribution in [0.3, 0.4) is 0 Å². The molecule has 1 N–H and O–H groups in total. The van der Waals surface area contributed by atoms with E-state index in [1.54, 1.807) is 6.92 Å². The van der Waals surface area contributed by atoms with E-state index < -0.39 is 26.7 Å². The maximum absolute atomic E-state index is 12.7. The average Bonchev–Trinajstić information content (AvgIpc) is 2.54. The van der Waals surface area contributed by atoms with Crippen molar-refractivity contribution in [3.8, 4) is 0 Å². The van der Waals surface area contributed by atoms with E-state index >= 15 is 0 Å². The lowest BCUT2D eigenvalue weighted by Gasteiger charge is -2.29. The number of sulfonamides is 1. The largest absolute Gasteiger partial charge is 0.504 e. The Kier molecular flexibility index (Phi) is 6.39. The molecule has 0 radical (unpaired) electrons. The Morgan fingerprint density at radius 3 is 2.42 bits per heavy atom. The minimum absolute atomic E-state index is 0.141. The summed E-state index contributed by atoms with van der Waals surface area (Å²) in [6, 6.07) is 3.52. The van der Waals surface area contributed by atoms with Crippen molar-refractivity contribution in [1.29, 1.82) is 5.39 Å². The van der Waals surface area contributed by atoms with Crippen molar-refractivity contribution in [3.05, 3.63) is 51.3 Å². The van der Waals surface area contributed by atoms with Gasteiger partial charge in [-0.1, -0.05) is 20.3 Å². The molecule has 130 valence electrons. The van der Waals surface area contributed by atoms with Gasteiger partial charge in [-0.3, -0.25) is 10.1 Å². The first kappa shape index (κ1) is 19.5.